The first-order valence-electron chi connectivity index (χ1n) is 10.7. The van der Waals surface area contributed by atoms with Gasteiger partial charge in [-0.15, -0.1) is 0 Å². The molecular weight excluding hydrogens is 452 g/mol. The van der Waals surface area contributed by atoms with Gasteiger partial charge in [0.1, 0.15) is 54.9 Å². The molecule has 14 nitrogen and oxygen atoms in total. The first-order chi connectivity index (χ1) is 15.6. The van der Waals surface area contributed by atoms with Crippen molar-refractivity contribution < 1.29 is 69.3 Å². The van der Waals surface area contributed by atoms with Crippen molar-refractivity contribution in [3.63, 3.8) is 0 Å². The second-order valence-corrected chi connectivity index (χ2v) is 8.45. The van der Waals surface area contributed by atoms with Crippen LogP contribution in [-0.2, 0) is 28.4 Å². The molecule has 0 amide bonds. The number of hydrogen-bond donors (Lipinski definition) is 8. The third kappa shape index (κ3) is 5.82. The number of aliphatic hydroxyl groups is 8. The van der Waals surface area contributed by atoms with E-state index in [1.165, 1.54) is 7.11 Å². The van der Waals surface area contributed by atoms with Crippen molar-refractivity contribution in [3.8, 4) is 0 Å². The number of aliphatic hydroxyl groups excluding tert-OH is 8. The second kappa shape index (κ2) is 11.5. The van der Waals surface area contributed by atoms with E-state index in [9.17, 15) is 40.9 Å². The summed E-state index contributed by atoms with van der Waals surface area (Å²) in [7, 11) is 1.42. The summed E-state index contributed by atoms with van der Waals surface area (Å²) in [5, 5.41) is 79.8. The molecule has 3 fully saturated rings. The maximum Gasteiger partial charge on any atom is 0.187 e. The lowest BCUT2D eigenvalue weighted by Crippen LogP contribution is -2.63. The van der Waals surface area contributed by atoms with Gasteiger partial charge in [0, 0.05) is 13.5 Å². The van der Waals surface area contributed by atoms with Gasteiger partial charge in [-0.1, -0.05) is 0 Å². The summed E-state index contributed by atoms with van der Waals surface area (Å²) in [5.41, 5.74) is 0. The molecule has 14 atom stereocenters. The van der Waals surface area contributed by atoms with Crippen LogP contribution in [0, 0.1) is 0 Å². The fraction of sp³-hybridized carbons (Fsp3) is 1.00. The molecular formula is C19H34O14. The van der Waals surface area contributed by atoms with Gasteiger partial charge >= 0.3 is 0 Å². The van der Waals surface area contributed by atoms with Gasteiger partial charge in [-0.25, -0.2) is 0 Å². The van der Waals surface area contributed by atoms with E-state index in [1.54, 1.807) is 6.92 Å². The average molecular weight is 486 g/mol. The molecule has 0 aromatic heterocycles. The van der Waals surface area contributed by atoms with Crippen LogP contribution in [0.25, 0.3) is 0 Å². The van der Waals surface area contributed by atoms with E-state index < -0.39 is 99.2 Å². The third-order valence-electron chi connectivity index (χ3n) is 6.17. The van der Waals surface area contributed by atoms with Crippen LogP contribution in [-0.4, -0.2) is 147 Å². The van der Waals surface area contributed by atoms with Gasteiger partial charge in [-0.05, 0) is 6.92 Å². The minimum absolute atomic E-state index is 0.100. The highest BCUT2D eigenvalue weighted by atomic mass is 16.7. The molecule has 33 heavy (non-hydrogen) atoms. The topological polar surface area (TPSA) is 217 Å². The first kappa shape index (κ1) is 27.0. The van der Waals surface area contributed by atoms with E-state index in [1.807, 2.05) is 0 Å². The molecule has 3 aliphatic rings. The molecule has 3 saturated heterocycles. The molecule has 3 heterocycles. The van der Waals surface area contributed by atoms with Crippen LogP contribution in [0.4, 0.5) is 0 Å². The van der Waals surface area contributed by atoms with Gasteiger partial charge in [0.25, 0.3) is 0 Å². The van der Waals surface area contributed by atoms with Crippen LogP contribution in [0.15, 0.2) is 0 Å². The molecule has 8 N–H and O–H groups in total. The van der Waals surface area contributed by atoms with Crippen molar-refractivity contribution >= 4 is 0 Å². The zero-order valence-corrected chi connectivity index (χ0v) is 18.2. The maximum absolute atomic E-state index is 10.4. The Morgan fingerprint density at radius 1 is 0.758 bits per heavy atom. The summed E-state index contributed by atoms with van der Waals surface area (Å²) in [6, 6.07) is 0. The molecule has 0 unspecified atom stereocenters. The van der Waals surface area contributed by atoms with Gasteiger partial charge in [0.2, 0.25) is 0 Å². The van der Waals surface area contributed by atoms with Crippen molar-refractivity contribution in [2.45, 2.75) is 99.4 Å². The van der Waals surface area contributed by atoms with E-state index in [0.717, 1.165) is 0 Å². The Hall–Kier alpha value is -0.560. The molecule has 3 aliphatic heterocycles. The Morgan fingerprint density at radius 2 is 1.33 bits per heavy atom. The molecule has 194 valence electrons. The Morgan fingerprint density at radius 3 is 1.94 bits per heavy atom. The van der Waals surface area contributed by atoms with Crippen LogP contribution in [0.2, 0.25) is 0 Å². The molecule has 0 saturated carbocycles. The largest absolute Gasteiger partial charge is 0.394 e. The molecule has 0 aromatic carbocycles. The molecule has 3 rings (SSSR count). The summed E-state index contributed by atoms with van der Waals surface area (Å²) in [4.78, 5) is 0. The highest BCUT2D eigenvalue weighted by molar-refractivity contribution is 4.93. The summed E-state index contributed by atoms with van der Waals surface area (Å²) in [5.74, 6) is 0. The number of hydrogen-bond acceptors (Lipinski definition) is 14. The lowest BCUT2D eigenvalue weighted by molar-refractivity contribution is -0.351. The van der Waals surface area contributed by atoms with Gasteiger partial charge in [-0.3, -0.25) is 0 Å². The van der Waals surface area contributed by atoms with Gasteiger partial charge in [-0.2, -0.15) is 0 Å². The predicted molar refractivity (Wildman–Crippen MR) is 103 cm³/mol. The molecule has 0 spiro atoms. The zero-order chi connectivity index (χ0) is 24.4. The number of rotatable bonds is 7. The molecule has 0 radical (unpaired) electrons. The van der Waals surface area contributed by atoms with E-state index >= 15 is 0 Å². The number of ether oxygens (including phenoxy) is 6. The maximum atomic E-state index is 10.4. The van der Waals surface area contributed by atoms with Crippen molar-refractivity contribution in [3.05, 3.63) is 0 Å². The smallest absolute Gasteiger partial charge is 0.187 e. The van der Waals surface area contributed by atoms with Crippen LogP contribution in [0.1, 0.15) is 13.3 Å². The minimum Gasteiger partial charge on any atom is -0.394 e. The van der Waals surface area contributed by atoms with Gasteiger partial charge in [0.05, 0.1) is 25.4 Å². The zero-order valence-electron chi connectivity index (χ0n) is 18.2. The Labute approximate surface area is 189 Å². The Kier molecular flexibility index (Phi) is 9.38. The molecule has 0 aromatic rings. The summed E-state index contributed by atoms with van der Waals surface area (Å²) >= 11 is 0. The Bertz CT molecular complexity index is 609. The normalized spacial score (nSPS) is 51.5. The summed E-state index contributed by atoms with van der Waals surface area (Å²) in [6.45, 7) is 0.501. The second-order valence-electron chi connectivity index (χ2n) is 8.45. The quantitative estimate of drug-likeness (QED) is 0.169. The molecule has 0 aliphatic carbocycles. The van der Waals surface area contributed by atoms with Crippen molar-refractivity contribution in [1.82, 2.24) is 0 Å². The summed E-state index contributed by atoms with van der Waals surface area (Å²) < 4.78 is 32.7. The molecule has 14 heteroatoms. The lowest BCUT2D eigenvalue weighted by Gasteiger charge is -2.45. The number of methoxy groups -OCH3 is 1. The fourth-order valence-electron chi connectivity index (χ4n) is 4.16. The van der Waals surface area contributed by atoms with Crippen molar-refractivity contribution in [1.29, 1.82) is 0 Å². The van der Waals surface area contributed by atoms with Gasteiger partial charge < -0.3 is 69.3 Å². The van der Waals surface area contributed by atoms with E-state index in [-0.39, 0.29) is 6.42 Å². The SMILES string of the molecule is CO[C@@H]1C[C@@H](O)O[C@@H](C)[C@H]1O[C@@H]1O[C@H](CO[C@@H]2O[C@H](CO)[C@@H](O)[C@H](O)[C@H]2O)[C@@H](O)[C@H](O)[C@H]1O. The van der Waals surface area contributed by atoms with Crippen molar-refractivity contribution in [2.75, 3.05) is 20.3 Å². The average Bonchev–Trinajstić information content (AvgIpc) is 2.79. The lowest BCUT2D eigenvalue weighted by atomic mass is 9.97. The highest BCUT2D eigenvalue weighted by Crippen LogP contribution is 2.30. The van der Waals surface area contributed by atoms with E-state index in [2.05, 4.69) is 0 Å². The summed E-state index contributed by atoms with van der Waals surface area (Å²) in [6.07, 6.45) is -18.2. The standard InChI is InChI=1S/C19H34O14/c1-6-17(7(28-2)3-10(21)30-6)33-19-16(27)14(25)12(23)9(32-19)5-29-18-15(26)13(24)11(22)8(4-20)31-18/h6-27H,3-5H2,1-2H3/t6-,7+,8+,9+,10-,11+,12+,13-,14-,15+,16+,17+,18+,19-/m0/s1. The van der Waals surface area contributed by atoms with Crippen LogP contribution < -0.4 is 0 Å². The molecule has 0 bridgehead atoms. The van der Waals surface area contributed by atoms with Crippen LogP contribution >= 0.6 is 0 Å². The van der Waals surface area contributed by atoms with Crippen molar-refractivity contribution in [2.24, 2.45) is 0 Å². The third-order valence-corrected chi connectivity index (χ3v) is 6.17. The monoisotopic (exact) mass is 486 g/mol. The van der Waals surface area contributed by atoms with Gasteiger partial charge in [0.15, 0.2) is 18.9 Å². The fourth-order valence-corrected chi connectivity index (χ4v) is 4.16. The first-order valence-corrected chi connectivity index (χ1v) is 10.7. The minimum atomic E-state index is -1.68. The predicted octanol–water partition coefficient (Wildman–Crippen LogP) is -4.86. The van der Waals surface area contributed by atoms with E-state index in [4.69, 9.17) is 28.4 Å². The van der Waals surface area contributed by atoms with E-state index in [0.29, 0.717) is 0 Å². The highest BCUT2D eigenvalue weighted by Gasteiger charge is 2.49. The van der Waals surface area contributed by atoms with Crippen LogP contribution in [0.3, 0.4) is 0 Å². The Balaban J connectivity index is 1.64. The van der Waals surface area contributed by atoms with Crippen LogP contribution in [0.5, 0.6) is 0 Å².